The Morgan fingerprint density at radius 1 is 1.19 bits per heavy atom. The predicted molar refractivity (Wildman–Crippen MR) is 125 cm³/mol. The summed E-state index contributed by atoms with van der Waals surface area (Å²) in [6, 6.07) is 8.53. The van der Waals surface area contributed by atoms with E-state index in [1.165, 1.54) is 24.3 Å². The lowest BCUT2D eigenvalue weighted by Gasteiger charge is -2.39. The van der Waals surface area contributed by atoms with Crippen molar-refractivity contribution in [2.45, 2.75) is 44.6 Å². The molecule has 2 aliphatic rings. The van der Waals surface area contributed by atoms with Crippen LogP contribution in [0.15, 0.2) is 30.6 Å². The maximum atomic E-state index is 15.4. The number of rotatable bonds is 3. The Balaban J connectivity index is 1.41. The van der Waals surface area contributed by atoms with Crippen LogP contribution in [0.5, 0.6) is 0 Å². The van der Waals surface area contributed by atoms with Gasteiger partial charge in [-0.05, 0) is 97.5 Å². The molecule has 4 heterocycles. The van der Waals surface area contributed by atoms with Crippen LogP contribution in [0, 0.1) is 24.1 Å². The number of nitriles is 1. The summed E-state index contributed by atoms with van der Waals surface area (Å²) < 4.78 is 15.4. The van der Waals surface area contributed by atoms with Gasteiger partial charge in [-0.25, -0.2) is 9.37 Å². The highest BCUT2D eigenvalue weighted by atomic mass is 32.2. The third-order valence-corrected chi connectivity index (χ3v) is 8.04. The minimum Gasteiger partial charge on any atom is -0.345 e. The van der Waals surface area contributed by atoms with Crippen molar-refractivity contribution in [2.75, 3.05) is 24.6 Å². The molecule has 0 bridgehead atoms. The summed E-state index contributed by atoms with van der Waals surface area (Å²) in [5.74, 6) is 2.71. The van der Waals surface area contributed by atoms with Gasteiger partial charge in [-0.2, -0.15) is 17.0 Å². The zero-order chi connectivity index (χ0) is 21.4. The number of aryl methyl sites for hydroxylation is 1. The molecule has 2 aliphatic heterocycles. The topological polar surface area (TPSA) is 55.7 Å². The van der Waals surface area contributed by atoms with E-state index in [2.05, 4.69) is 38.8 Å². The Hall–Kier alpha value is -2.36. The van der Waals surface area contributed by atoms with Crippen LogP contribution in [-0.4, -0.2) is 45.5 Å². The molecule has 2 fully saturated rings. The normalized spacial score (nSPS) is 19.0. The highest BCUT2D eigenvalue weighted by Crippen LogP contribution is 2.38. The summed E-state index contributed by atoms with van der Waals surface area (Å²) in [5.41, 5.74) is 4.73. The minimum atomic E-state index is -0.124. The van der Waals surface area contributed by atoms with E-state index in [0.717, 1.165) is 59.6 Å². The summed E-state index contributed by atoms with van der Waals surface area (Å²) in [6.07, 6.45) is 8.00. The van der Waals surface area contributed by atoms with Crippen LogP contribution in [0.1, 0.15) is 48.3 Å². The molecule has 0 aliphatic carbocycles. The van der Waals surface area contributed by atoms with E-state index in [4.69, 9.17) is 0 Å². The number of halogens is 1. The largest absolute Gasteiger partial charge is 0.345 e. The van der Waals surface area contributed by atoms with Crippen LogP contribution in [0.3, 0.4) is 0 Å². The fourth-order valence-electron chi connectivity index (χ4n) is 5.42. The number of thioether (sulfide) groups is 1. The van der Waals surface area contributed by atoms with Gasteiger partial charge in [0, 0.05) is 23.8 Å². The van der Waals surface area contributed by atoms with Crippen molar-refractivity contribution in [2.24, 2.45) is 0 Å². The number of hydrogen-bond donors (Lipinski definition) is 1. The van der Waals surface area contributed by atoms with Crippen LogP contribution in [0.25, 0.3) is 22.2 Å². The smallest absolute Gasteiger partial charge is 0.139 e. The number of benzene rings is 1. The first-order valence-corrected chi connectivity index (χ1v) is 12.3. The lowest BCUT2D eigenvalue weighted by molar-refractivity contribution is 0.143. The standard InChI is InChI=1S/C25H27FN4S/c1-16-12-18(21-2-7-28-25-24(21)19(14-27)15-29-25)13-22(26)23(16)17-3-8-30(9-4-17)20-5-10-31-11-6-20/h2,7,12-13,15,17,20H,3-6,8-11H2,1H3,(H,28,29). The van der Waals surface area contributed by atoms with Crippen LogP contribution in [-0.2, 0) is 0 Å². The van der Waals surface area contributed by atoms with Gasteiger partial charge in [-0.3, -0.25) is 0 Å². The number of H-pyrrole nitrogens is 1. The molecule has 5 rings (SSSR count). The maximum Gasteiger partial charge on any atom is 0.139 e. The molecule has 4 nitrogen and oxygen atoms in total. The Bertz CT molecular complexity index is 1110. The molecule has 2 saturated heterocycles. The van der Waals surface area contributed by atoms with Crippen LogP contribution in [0.2, 0.25) is 0 Å². The van der Waals surface area contributed by atoms with Crippen molar-refractivity contribution < 1.29 is 4.39 Å². The summed E-state index contributed by atoms with van der Waals surface area (Å²) in [5, 5.41) is 10.2. The summed E-state index contributed by atoms with van der Waals surface area (Å²) in [4.78, 5) is 9.99. The highest BCUT2D eigenvalue weighted by molar-refractivity contribution is 7.99. The van der Waals surface area contributed by atoms with Crippen molar-refractivity contribution in [3.05, 3.63) is 53.1 Å². The molecule has 6 heteroatoms. The predicted octanol–water partition coefficient (Wildman–Crippen LogP) is 5.62. The van der Waals surface area contributed by atoms with Gasteiger partial charge in [0.15, 0.2) is 0 Å². The minimum absolute atomic E-state index is 0.124. The van der Waals surface area contributed by atoms with Gasteiger partial charge in [0.25, 0.3) is 0 Å². The molecule has 0 atom stereocenters. The second kappa shape index (κ2) is 8.64. The van der Waals surface area contributed by atoms with Crippen LogP contribution >= 0.6 is 11.8 Å². The Kier molecular flexibility index (Phi) is 5.73. The van der Waals surface area contributed by atoms with Crippen molar-refractivity contribution in [3.63, 3.8) is 0 Å². The number of nitrogens with zero attached hydrogens (tertiary/aromatic N) is 3. The van der Waals surface area contributed by atoms with Crippen molar-refractivity contribution in [3.8, 4) is 17.2 Å². The van der Waals surface area contributed by atoms with Crippen molar-refractivity contribution in [1.82, 2.24) is 14.9 Å². The highest BCUT2D eigenvalue weighted by Gasteiger charge is 2.29. The fourth-order valence-corrected chi connectivity index (χ4v) is 6.50. The molecular weight excluding hydrogens is 407 g/mol. The third kappa shape index (κ3) is 3.86. The number of pyridine rings is 1. The average molecular weight is 435 g/mol. The summed E-state index contributed by atoms with van der Waals surface area (Å²) >= 11 is 2.07. The lowest BCUT2D eigenvalue weighted by atomic mass is 9.84. The van der Waals surface area contributed by atoms with Gasteiger partial charge in [-0.1, -0.05) is 6.07 Å². The molecular formula is C25H27FN4S. The van der Waals surface area contributed by atoms with Gasteiger partial charge in [0.1, 0.15) is 17.5 Å². The zero-order valence-electron chi connectivity index (χ0n) is 17.8. The Labute approximate surface area is 186 Å². The van der Waals surface area contributed by atoms with Gasteiger partial charge >= 0.3 is 0 Å². The number of likely N-dealkylation sites (tertiary alicyclic amines) is 1. The first-order chi connectivity index (χ1) is 15.2. The van der Waals surface area contributed by atoms with E-state index in [0.29, 0.717) is 11.2 Å². The molecule has 160 valence electrons. The van der Waals surface area contributed by atoms with Crippen LogP contribution < -0.4 is 0 Å². The van der Waals surface area contributed by atoms with E-state index < -0.39 is 0 Å². The number of fused-ring (bicyclic) bond motifs is 1. The molecule has 1 aromatic carbocycles. The number of aromatic amines is 1. The zero-order valence-corrected chi connectivity index (χ0v) is 18.6. The van der Waals surface area contributed by atoms with Crippen molar-refractivity contribution in [1.29, 1.82) is 5.26 Å². The molecule has 0 unspecified atom stereocenters. The molecule has 0 radical (unpaired) electrons. The Morgan fingerprint density at radius 2 is 1.97 bits per heavy atom. The lowest BCUT2D eigenvalue weighted by Crippen LogP contribution is -2.42. The molecule has 0 spiro atoms. The molecule has 0 amide bonds. The molecule has 31 heavy (non-hydrogen) atoms. The number of piperidine rings is 1. The van der Waals surface area contributed by atoms with E-state index in [1.807, 2.05) is 13.0 Å². The van der Waals surface area contributed by atoms with E-state index in [-0.39, 0.29) is 11.7 Å². The molecule has 0 saturated carbocycles. The number of hydrogen-bond acceptors (Lipinski definition) is 4. The SMILES string of the molecule is Cc1cc(-c2ccnc3[nH]cc(C#N)c23)cc(F)c1C1CCN(C2CCSCC2)CC1. The maximum absolute atomic E-state index is 15.4. The average Bonchev–Trinajstić information content (AvgIpc) is 3.23. The first-order valence-electron chi connectivity index (χ1n) is 11.1. The second-order valence-electron chi connectivity index (χ2n) is 8.74. The van der Waals surface area contributed by atoms with Gasteiger partial charge in [-0.15, -0.1) is 0 Å². The quantitative estimate of drug-likeness (QED) is 0.581. The van der Waals surface area contributed by atoms with Crippen molar-refractivity contribution >= 4 is 22.8 Å². The summed E-state index contributed by atoms with van der Waals surface area (Å²) in [7, 11) is 0. The van der Waals surface area contributed by atoms with E-state index >= 15 is 4.39 Å². The second-order valence-corrected chi connectivity index (χ2v) is 9.96. The fraction of sp³-hybridized carbons (Fsp3) is 0.440. The Morgan fingerprint density at radius 3 is 2.68 bits per heavy atom. The van der Waals surface area contributed by atoms with Crippen LogP contribution in [0.4, 0.5) is 4.39 Å². The molecule has 3 aromatic rings. The van der Waals surface area contributed by atoms with E-state index in [9.17, 15) is 5.26 Å². The monoisotopic (exact) mass is 434 g/mol. The third-order valence-electron chi connectivity index (χ3n) is 6.99. The van der Waals surface area contributed by atoms with E-state index in [1.54, 1.807) is 18.5 Å². The molecule has 1 N–H and O–H groups in total. The van der Waals surface area contributed by atoms with Gasteiger partial charge in [0.05, 0.1) is 5.56 Å². The molecule has 2 aromatic heterocycles. The van der Waals surface area contributed by atoms with Gasteiger partial charge in [0.2, 0.25) is 0 Å². The first kappa shape index (κ1) is 20.5. The summed E-state index contributed by atoms with van der Waals surface area (Å²) in [6.45, 7) is 4.16. The van der Waals surface area contributed by atoms with Gasteiger partial charge < -0.3 is 9.88 Å². The number of nitrogens with one attached hydrogen (secondary N) is 1. The number of aromatic nitrogens is 2.